The van der Waals surface area contributed by atoms with Gasteiger partial charge in [0.1, 0.15) is 13.2 Å². The summed E-state index contributed by atoms with van der Waals surface area (Å²) in [5.41, 5.74) is 0. The van der Waals surface area contributed by atoms with Gasteiger partial charge in [-0.3, -0.25) is 14.4 Å². The summed E-state index contributed by atoms with van der Waals surface area (Å²) in [5, 5.41) is 0. The van der Waals surface area contributed by atoms with Crippen molar-refractivity contribution in [2.45, 2.75) is 341 Å². The highest BCUT2D eigenvalue weighted by Gasteiger charge is 2.19. The minimum atomic E-state index is -0.771. The van der Waals surface area contributed by atoms with E-state index in [-0.39, 0.29) is 31.1 Å². The number of allylic oxidation sites excluding steroid dienone is 10. The first-order chi connectivity index (χ1) is 36.5. The number of hydrogen-bond acceptors (Lipinski definition) is 6. The van der Waals surface area contributed by atoms with E-state index in [1.165, 1.54) is 205 Å². The maximum absolute atomic E-state index is 12.9. The van der Waals surface area contributed by atoms with E-state index in [1.807, 2.05) is 0 Å². The Morgan fingerprint density at radius 1 is 0.284 bits per heavy atom. The van der Waals surface area contributed by atoms with Crippen LogP contribution in [0.5, 0.6) is 0 Å². The van der Waals surface area contributed by atoms with Crippen LogP contribution >= 0.6 is 0 Å². The van der Waals surface area contributed by atoms with Crippen molar-refractivity contribution in [3.8, 4) is 0 Å². The van der Waals surface area contributed by atoms with Gasteiger partial charge in [0.2, 0.25) is 0 Å². The summed E-state index contributed by atoms with van der Waals surface area (Å²) in [4.78, 5) is 38.3. The Hall–Kier alpha value is -2.89. The lowest BCUT2D eigenvalue weighted by Crippen LogP contribution is -2.30. The van der Waals surface area contributed by atoms with Crippen LogP contribution in [0, 0.1) is 0 Å². The van der Waals surface area contributed by atoms with E-state index in [0.29, 0.717) is 19.3 Å². The smallest absolute Gasteiger partial charge is 0.306 e. The molecule has 0 heterocycles. The predicted octanol–water partition coefficient (Wildman–Crippen LogP) is 21.9. The van der Waals surface area contributed by atoms with Crippen LogP contribution in [0.2, 0.25) is 0 Å². The number of carbonyl (C=O) groups excluding carboxylic acids is 3. The molecule has 0 aromatic heterocycles. The molecule has 0 aromatic rings. The summed E-state index contributed by atoms with van der Waals surface area (Å²) >= 11 is 0. The molecule has 0 fully saturated rings. The maximum atomic E-state index is 12.9. The van der Waals surface area contributed by atoms with Gasteiger partial charge in [-0.2, -0.15) is 0 Å². The molecule has 0 amide bonds. The lowest BCUT2D eigenvalue weighted by atomic mass is 10.0. The average Bonchev–Trinajstić information content (AvgIpc) is 3.40. The first kappa shape index (κ1) is 71.1. The fraction of sp³-hybridized carbons (Fsp3) is 0.809. The van der Waals surface area contributed by atoms with Gasteiger partial charge in [-0.05, 0) is 64.2 Å². The maximum Gasteiger partial charge on any atom is 0.306 e. The van der Waals surface area contributed by atoms with Gasteiger partial charge in [0, 0.05) is 19.3 Å². The van der Waals surface area contributed by atoms with Crippen LogP contribution < -0.4 is 0 Å². The number of carbonyl (C=O) groups is 3. The van der Waals surface area contributed by atoms with Crippen LogP contribution in [0.15, 0.2) is 60.8 Å². The molecular weight excluding hydrogens is 913 g/mol. The highest BCUT2D eigenvalue weighted by atomic mass is 16.6. The second kappa shape index (κ2) is 62.6. The van der Waals surface area contributed by atoms with E-state index in [2.05, 4.69) is 81.5 Å². The van der Waals surface area contributed by atoms with Crippen LogP contribution in [0.25, 0.3) is 0 Å². The van der Waals surface area contributed by atoms with Gasteiger partial charge < -0.3 is 14.2 Å². The Labute approximate surface area is 460 Å². The first-order valence-corrected chi connectivity index (χ1v) is 32.3. The van der Waals surface area contributed by atoms with Gasteiger partial charge in [0.05, 0.1) is 0 Å². The number of esters is 3. The van der Waals surface area contributed by atoms with Crippen molar-refractivity contribution in [1.82, 2.24) is 0 Å². The summed E-state index contributed by atoms with van der Waals surface area (Å²) in [6.07, 6.45) is 79.4. The van der Waals surface area contributed by atoms with Crippen molar-refractivity contribution in [3.63, 3.8) is 0 Å². The molecule has 0 aliphatic carbocycles. The van der Waals surface area contributed by atoms with Gasteiger partial charge in [0.15, 0.2) is 6.10 Å². The van der Waals surface area contributed by atoms with Crippen molar-refractivity contribution in [2.24, 2.45) is 0 Å². The van der Waals surface area contributed by atoms with Crippen LogP contribution in [0.1, 0.15) is 335 Å². The van der Waals surface area contributed by atoms with E-state index in [1.54, 1.807) is 0 Å². The molecule has 6 nitrogen and oxygen atoms in total. The Bertz CT molecular complexity index is 1330. The van der Waals surface area contributed by atoms with Gasteiger partial charge in [-0.15, -0.1) is 0 Å². The van der Waals surface area contributed by atoms with Crippen LogP contribution in [0.3, 0.4) is 0 Å². The van der Waals surface area contributed by atoms with Gasteiger partial charge in [-0.1, -0.05) is 313 Å². The lowest BCUT2D eigenvalue weighted by molar-refractivity contribution is -0.167. The summed E-state index contributed by atoms with van der Waals surface area (Å²) in [6, 6.07) is 0. The van der Waals surface area contributed by atoms with E-state index in [0.717, 1.165) is 89.9 Å². The summed E-state index contributed by atoms with van der Waals surface area (Å²) in [7, 11) is 0. The summed E-state index contributed by atoms with van der Waals surface area (Å²) in [6.45, 7) is 6.57. The van der Waals surface area contributed by atoms with Crippen molar-refractivity contribution >= 4 is 17.9 Å². The van der Waals surface area contributed by atoms with Crippen molar-refractivity contribution < 1.29 is 28.6 Å². The zero-order chi connectivity index (χ0) is 53.6. The van der Waals surface area contributed by atoms with Gasteiger partial charge in [0.25, 0.3) is 0 Å². The Kier molecular flexibility index (Phi) is 60.2. The molecule has 0 aromatic carbocycles. The molecule has 1 atom stereocenters. The third-order valence-electron chi connectivity index (χ3n) is 14.3. The Morgan fingerprint density at radius 3 is 0.824 bits per heavy atom. The van der Waals surface area contributed by atoms with Gasteiger partial charge in [-0.25, -0.2) is 0 Å². The fourth-order valence-corrected chi connectivity index (χ4v) is 9.47. The van der Waals surface area contributed by atoms with E-state index in [4.69, 9.17) is 14.2 Å². The highest BCUT2D eigenvalue weighted by Crippen LogP contribution is 2.17. The minimum Gasteiger partial charge on any atom is -0.462 e. The molecule has 6 heteroatoms. The molecule has 0 rings (SSSR count). The molecule has 0 bridgehead atoms. The number of hydrogen-bond donors (Lipinski definition) is 0. The molecule has 0 aliphatic rings. The second-order valence-electron chi connectivity index (χ2n) is 21.7. The normalized spacial score (nSPS) is 12.4. The topological polar surface area (TPSA) is 78.9 Å². The molecule has 0 N–H and O–H groups in total. The van der Waals surface area contributed by atoms with Crippen LogP contribution in [-0.2, 0) is 28.6 Å². The number of ether oxygens (including phenoxy) is 3. The zero-order valence-electron chi connectivity index (χ0n) is 49.4. The van der Waals surface area contributed by atoms with Crippen LogP contribution in [0.4, 0.5) is 0 Å². The van der Waals surface area contributed by atoms with E-state index in [9.17, 15) is 14.4 Å². The zero-order valence-corrected chi connectivity index (χ0v) is 49.4. The number of rotatable bonds is 59. The summed E-state index contributed by atoms with van der Waals surface area (Å²) < 4.78 is 16.9. The molecular formula is C68H122O6. The first-order valence-electron chi connectivity index (χ1n) is 32.3. The quantitative estimate of drug-likeness (QED) is 0.0261. The molecule has 0 saturated carbocycles. The van der Waals surface area contributed by atoms with Crippen LogP contribution in [-0.4, -0.2) is 37.2 Å². The lowest BCUT2D eigenvalue weighted by Gasteiger charge is -2.18. The molecule has 0 aliphatic heterocycles. The van der Waals surface area contributed by atoms with Crippen molar-refractivity contribution in [1.29, 1.82) is 0 Å². The Balaban J connectivity index is 4.24. The number of unbranched alkanes of at least 4 members (excludes halogenated alkanes) is 38. The molecule has 0 radical (unpaired) electrons. The largest absolute Gasteiger partial charge is 0.462 e. The third kappa shape index (κ3) is 60.0. The molecule has 74 heavy (non-hydrogen) atoms. The monoisotopic (exact) mass is 1030 g/mol. The average molecular weight is 1040 g/mol. The Morgan fingerprint density at radius 2 is 0.527 bits per heavy atom. The molecule has 430 valence electrons. The predicted molar refractivity (Wildman–Crippen MR) is 321 cm³/mol. The fourth-order valence-electron chi connectivity index (χ4n) is 9.47. The second-order valence-corrected chi connectivity index (χ2v) is 21.7. The van der Waals surface area contributed by atoms with Gasteiger partial charge >= 0.3 is 17.9 Å². The SMILES string of the molecule is CC/C=C\C/C=C\C/C=C\C/C=C\C/C=C\CCCCCCCCCCCCCC(=O)OCC(COC(=O)CCCCCCCCCCCCCC)OC(=O)CCCCCCCCCCCCCCCCCCC. The standard InChI is InChI=1S/C68H122O6/c1-4-7-10-13-16-19-22-25-27-29-30-31-32-33-34-35-36-37-38-40-41-43-46-49-52-55-58-61-67(70)73-64-65(63-72-66(69)60-57-54-51-48-45-24-21-18-15-12-9-6-3)74-68(71)62-59-56-53-50-47-44-42-39-28-26-23-20-17-14-11-8-5-2/h7,10,16,19,25,27,30-31,33-34,65H,4-6,8-9,11-15,17-18,20-24,26,28-29,32,35-64H2,1-3H3/b10-7-,19-16-,27-25-,31-30-,34-33-. The van der Waals surface area contributed by atoms with Crippen molar-refractivity contribution in [2.75, 3.05) is 13.2 Å². The molecule has 0 spiro atoms. The minimum absolute atomic E-state index is 0.0692. The van der Waals surface area contributed by atoms with E-state index >= 15 is 0 Å². The molecule has 0 saturated heterocycles. The summed E-state index contributed by atoms with van der Waals surface area (Å²) in [5.74, 6) is -0.852. The third-order valence-corrected chi connectivity index (χ3v) is 14.3. The molecule has 1 unspecified atom stereocenters. The highest BCUT2D eigenvalue weighted by molar-refractivity contribution is 5.71. The van der Waals surface area contributed by atoms with E-state index < -0.39 is 6.10 Å². The van der Waals surface area contributed by atoms with Crippen molar-refractivity contribution in [3.05, 3.63) is 60.8 Å².